The zero-order valence-electron chi connectivity index (χ0n) is 14.4. The van der Waals surface area contributed by atoms with Crippen molar-refractivity contribution in [2.75, 3.05) is 7.11 Å². The molecule has 0 saturated carbocycles. The fourth-order valence-electron chi connectivity index (χ4n) is 2.95. The minimum Gasteiger partial charge on any atom is -0.493 e. The monoisotopic (exact) mass is 386 g/mol. The fourth-order valence-corrected chi connectivity index (χ4v) is 4.18. The first kappa shape index (κ1) is 16.9. The van der Waals surface area contributed by atoms with Crippen LogP contribution in [0.4, 0.5) is 0 Å². The number of amides is 1. The van der Waals surface area contributed by atoms with E-state index in [1.54, 1.807) is 19.2 Å². The minimum absolute atomic E-state index is 0.178. The Bertz CT molecular complexity index is 1230. The first-order valence-electron chi connectivity index (χ1n) is 7.90. The van der Waals surface area contributed by atoms with Gasteiger partial charge in [-0.1, -0.05) is 35.1 Å². The number of benzene rings is 2. The molecule has 2 heterocycles. The number of hydrogen-bond acceptors (Lipinski definition) is 4. The van der Waals surface area contributed by atoms with Gasteiger partial charge in [0, 0.05) is 17.5 Å². The predicted molar refractivity (Wildman–Crippen MR) is 103 cm³/mol. The first-order chi connectivity index (χ1) is 12.5. The highest BCUT2D eigenvalue weighted by Crippen LogP contribution is 2.29. The Balaban J connectivity index is 1.84. The SMILES string of the molecule is COc1cccc2cc(C(=O)N=c3sc4ccc(Cl)c(C)c4n3C)oc12. The van der Waals surface area contributed by atoms with Crippen molar-refractivity contribution in [2.45, 2.75) is 6.92 Å². The van der Waals surface area contributed by atoms with Crippen LogP contribution in [0.2, 0.25) is 5.02 Å². The van der Waals surface area contributed by atoms with Gasteiger partial charge in [0.2, 0.25) is 0 Å². The molecule has 0 saturated heterocycles. The summed E-state index contributed by atoms with van der Waals surface area (Å²) in [5, 5.41) is 1.49. The van der Waals surface area contributed by atoms with Gasteiger partial charge in [-0.25, -0.2) is 0 Å². The molecule has 132 valence electrons. The number of methoxy groups -OCH3 is 1. The molecule has 0 N–H and O–H groups in total. The molecule has 0 aliphatic rings. The zero-order valence-corrected chi connectivity index (χ0v) is 15.9. The van der Waals surface area contributed by atoms with Crippen molar-refractivity contribution in [3.63, 3.8) is 0 Å². The molecular formula is C19H15ClN2O3S. The van der Waals surface area contributed by atoms with Crippen LogP contribution in [0.15, 0.2) is 45.8 Å². The lowest BCUT2D eigenvalue weighted by atomic mass is 10.2. The van der Waals surface area contributed by atoms with E-state index in [2.05, 4.69) is 4.99 Å². The average molecular weight is 387 g/mol. The van der Waals surface area contributed by atoms with Crippen molar-refractivity contribution in [1.29, 1.82) is 0 Å². The van der Waals surface area contributed by atoms with Crippen LogP contribution in [0.25, 0.3) is 21.2 Å². The molecule has 0 unspecified atom stereocenters. The Morgan fingerprint density at radius 1 is 1.31 bits per heavy atom. The average Bonchev–Trinajstić information content (AvgIpc) is 3.20. The first-order valence-corrected chi connectivity index (χ1v) is 9.09. The summed E-state index contributed by atoms with van der Waals surface area (Å²) in [6, 6.07) is 11.0. The maximum absolute atomic E-state index is 12.6. The molecule has 0 fully saturated rings. The highest BCUT2D eigenvalue weighted by molar-refractivity contribution is 7.16. The number of hydrogen-bond donors (Lipinski definition) is 0. The normalized spacial score (nSPS) is 12.2. The molecule has 7 heteroatoms. The maximum Gasteiger partial charge on any atom is 0.315 e. The van der Waals surface area contributed by atoms with Crippen LogP contribution >= 0.6 is 22.9 Å². The molecule has 5 nitrogen and oxygen atoms in total. The van der Waals surface area contributed by atoms with Crippen LogP contribution in [0.3, 0.4) is 0 Å². The third-order valence-corrected chi connectivity index (χ3v) is 5.79. The summed E-state index contributed by atoms with van der Waals surface area (Å²) in [7, 11) is 3.43. The summed E-state index contributed by atoms with van der Waals surface area (Å²) in [5.41, 5.74) is 2.47. The van der Waals surface area contributed by atoms with Gasteiger partial charge < -0.3 is 13.7 Å². The second-order valence-electron chi connectivity index (χ2n) is 5.87. The number of ether oxygens (including phenoxy) is 1. The van der Waals surface area contributed by atoms with E-state index < -0.39 is 5.91 Å². The van der Waals surface area contributed by atoms with Gasteiger partial charge in [0.1, 0.15) is 0 Å². The molecule has 2 aromatic carbocycles. The molecule has 4 rings (SSSR count). The van der Waals surface area contributed by atoms with Crippen molar-refractivity contribution < 1.29 is 13.9 Å². The van der Waals surface area contributed by atoms with Crippen LogP contribution in [0.1, 0.15) is 16.1 Å². The van der Waals surface area contributed by atoms with Gasteiger partial charge in [-0.15, -0.1) is 0 Å². The quantitative estimate of drug-likeness (QED) is 0.501. The standard InChI is InChI=1S/C19H15ClN2O3S/c1-10-12(20)7-8-15-16(10)22(2)19(26-15)21-18(23)14-9-11-5-4-6-13(24-3)17(11)25-14/h4-9H,1-3H3. The molecule has 0 radical (unpaired) electrons. The van der Waals surface area contributed by atoms with Gasteiger partial charge in [-0.3, -0.25) is 4.79 Å². The molecule has 0 spiro atoms. The highest BCUT2D eigenvalue weighted by Gasteiger charge is 2.15. The molecule has 0 aliphatic heterocycles. The number of aromatic nitrogens is 1. The summed E-state index contributed by atoms with van der Waals surface area (Å²) in [4.78, 5) is 17.5. The lowest BCUT2D eigenvalue weighted by Crippen LogP contribution is -2.13. The van der Waals surface area contributed by atoms with Gasteiger partial charge >= 0.3 is 5.91 Å². The predicted octanol–water partition coefficient (Wildman–Crippen LogP) is 4.70. The van der Waals surface area contributed by atoms with Crippen LogP contribution in [0, 0.1) is 6.92 Å². The Hall–Kier alpha value is -2.57. The Kier molecular flexibility index (Phi) is 4.09. The van der Waals surface area contributed by atoms with E-state index in [9.17, 15) is 4.79 Å². The van der Waals surface area contributed by atoms with Crippen molar-refractivity contribution in [3.8, 4) is 5.75 Å². The number of carbonyl (C=O) groups is 1. The number of thiazole rings is 1. The van der Waals surface area contributed by atoms with Gasteiger partial charge in [0.15, 0.2) is 21.9 Å². The summed E-state index contributed by atoms with van der Waals surface area (Å²) in [5.74, 6) is 0.324. The number of carbonyl (C=O) groups excluding carboxylic acids is 1. The van der Waals surface area contributed by atoms with Crippen LogP contribution in [-0.4, -0.2) is 17.6 Å². The van der Waals surface area contributed by atoms with E-state index in [1.165, 1.54) is 11.3 Å². The minimum atomic E-state index is -0.436. The number of halogens is 1. The van der Waals surface area contributed by atoms with Gasteiger partial charge in [0.05, 0.1) is 17.3 Å². The van der Waals surface area contributed by atoms with Gasteiger partial charge in [-0.2, -0.15) is 4.99 Å². The summed E-state index contributed by atoms with van der Waals surface area (Å²) >= 11 is 7.65. The molecule has 26 heavy (non-hydrogen) atoms. The molecule has 0 bridgehead atoms. The molecule has 0 atom stereocenters. The van der Waals surface area contributed by atoms with Crippen molar-refractivity contribution in [1.82, 2.24) is 4.57 Å². The van der Waals surface area contributed by atoms with E-state index in [0.29, 0.717) is 21.2 Å². The lowest BCUT2D eigenvalue weighted by Gasteiger charge is -2.01. The topological polar surface area (TPSA) is 56.7 Å². The fraction of sp³-hybridized carbons (Fsp3) is 0.158. The Labute approximate surface area is 158 Å². The Morgan fingerprint density at radius 2 is 2.12 bits per heavy atom. The van der Waals surface area contributed by atoms with Crippen molar-refractivity contribution in [3.05, 3.63) is 57.5 Å². The molecule has 0 aliphatic carbocycles. The highest BCUT2D eigenvalue weighted by atomic mass is 35.5. The summed E-state index contributed by atoms with van der Waals surface area (Å²) in [6.45, 7) is 1.95. The summed E-state index contributed by atoms with van der Waals surface area (Å²) < 4.78 is 13.9. The molecule has 4 aromatic rings. The Morgan fingerprint density at radius 3 is 2.88 bits per heavy atom. The zero-order chi connectivity index (χ0) is 18.4. The smallest absolute Gasteiger partial charge is 0.315 e. The maximum atomic E-state index is 12.6. The number of nitrogens with zero attached hydrogens (tertiary/aromatic N) is 2. The van der Waals surface area contributed by atoms with E-state index in [-0.39, 0.29) is 5.76 Å². The third kappa shape index (κ3) is 2.62. The lowest BCUT2D eigenvalue weighted by molar-refractivity contribution is 0.0973. The van der Waals surface area contributed by atoms with Crippen LogP contribution < -0.4 is 9.54 Å². The van der Waals surface area contributed by atoms with E-state index >= 15 is 0 Å². The van der Waals surface area contributed by atoms with Gasteiger partial charge in [0.25, 0.3) is 0 Å². The van der Waals surface area contributed by atoms with E-state index in [4.69, 9.17) is 20.8 Å². The van der Waals surface area contributed by atoms with E-state index in [1.807, 2.05) is 42.8 Å². The third-order valence-electron chi connectivity index (χ3n) is 4.29. The molecule has 1 amide bonds. The molecular weight excluding hydrogens is 372 g/mol. The number of furan rings is 1. The number of rotatable bonds is 2. The number of para-hydroxylation sites is 1. The number of aryl methyl sites for hydroxylation is 2. The second-order valence-corrected chi connectivity index (χ2v) is 7.29. The largest absolute Gasteiger partial charge is 0.493 e. The van der Waals surface area contributed by atoms with Crippen LogP contribution in [-0.2, 0) is 7.05 Å². The molecule has 2 aromatic heterocycles. The van der Waals surface area contributed by atoms with Crippen molar-refractivity contribution in [2.24, 2.45) is 12.0 Å². The number of fused-ring (bicyclic) bond motifs is 2. The van der Waals surface area contributed by atoms with Crippen LogP contribution in [0.5, 0.6) is 5.75 Å². The second kappa shape index (κ2) is 6.30. The van der Waals surface area contributed by atoms with Crippen molar-refractivity contribution >= 4 is 50.0 Å². The summed E-state index contributed by atoms with van der Waals surface area (Å²) in [6.07, 6.45) is 0. The van der Waals surface area contributed by atoms with Gasteiger partial charge in [-0.05, 0) is 36.8 Å². The van der Waals surface area contributed by atoms with E-state index in [0.717, 1.165) is 21.2 Å².